The Morgan fingerprint density at radius 1 is 1.28 bits per heavy atom. The topological polar surface area (TPSA) is 52.3 Å². The van der Waals surface area contributed by atoms with Crippen LogP contribution in [0.1, 0.15) is 32.3 Å². The second-order valence-electron chi connectivity index (χ2n) is 4.99. The monoisotopic (exact) mass is 249 g/mol. The fourth-order valence-corrected chi connectivity index (χ4v) is 1.80. The van der Waals surface area contributed by atoms with Crippen molar-refractivity contribution in [3.05, 3.63) is 35.9 Å². The van der Waals surface area contributed by atoms with E-state index in [1.807, 2.05) is 32.0 Å². The zero-order chi connectivity index (χ0) is 13.4. The predicted octanol–water partition coefficient (Wildman–Crippen LogP) is 2.54. The van der Waals surface area contributed by atoms with Gasteiger partial charge >= 0.3 is 5.97 Å². The van der Waals surface area contributed by atoms with Crippen molar-refractivity contribution >= 4 is 5.97 Å². The van der Waals surface area contributed by atoms with Gasteiger partial charge in [0, 0.05) is 0 Å². The summed E-state index contributed by atoms with van der Waals surface area (Å²) in [4.78, 5) is 11.5. The zero-order valence-corrected chi connectivity index (χ0v) is 11.3. The van der Waals surface area contributed by atoms with Crippen molar-refractivity contribution in [2.45, 2.75) is 39.2 Å². The lowest BCUT2D eigenvalue weighted by molar-refractivity contribution is -0.145. The highest BCUT2D eigenvalue weighted by atomic mass is 16.5. The molecule has 0 spiro atoms. The highest BCUT2D eigenvalue weighted by molar-refractivity contribution is 5.75. The largest absolute Gasteiger partial charge is 0.465 e. The smallest absolute Gasteiger partial charge is 0.322 e. The third-order valence-electron chi connectivity index (χ3n) is 2.73. The summed E-state index contributed by atoms with van der Waals surface area (Å²) in [6, 6.07) is 9.69. The van der Waals surface area contributed by atoms with Crippen LogP contribution < -0.4 is 5.73 Å². The van der Waals surface area contributed by atoms with Gasteiger partial charge in [-0.25, -0.2) is 0 Å². The van der Waals surface area contributed by atoms with Crippen LogP contribution in [0.15, 0.2) is 30.3 Å². The van der Waals surface area contributed by atoms with Gasteiger partial charge < -0.3 is 10.5 Å². The summed E-state index contributed by atoms with van der Waals surface area (Å²) in [6.45, 7) is 4.53. The molecule has 1 aromatic rings. The Morgan fingerprint density at radius 3 is 2.56 bits per heavy atom. The van der Waals surface area contributed by atoms with Gasteiger partial charge in [0.1, 0.15) is 6.04 Å². The number of hydrogen-bond donors (Lipinski definition) is 1. The number of hydrogen-bond acceptors (Lipinski definition) is 3. The van der Waals surface area contributed by atoms with Crippen LogP contribution in [-0.4, -0.2) is 18.6 Å². The zero-order valence-electron chi connectivity index (χ0n) is 11.3. The Morgan fingerprint density at radius 2 is 1.94 bits per heavy atom. The molecule has 2 N–H and O–H groups in total. The number of rotatable bonds is 7. The third-order valence-corrected chi connectivity index (χ3v) is 2.73. The van der Waals surface area contributed by atoms with Crippen LogP contribution in [0, 0.1) is 5.92 Å². The molecule has 0 heterocycles. The second-order valence-corrected chi connectivity index (χ2v) is 4.99. The Hall–Kier alpha value is -1.35. The summed E-state index contributed by atoms with van der Waals surface area (Å²) in [5, 5.41) is 0. The number of ether oxygens (including phenoxy) is 1. The molecule has 0 aliphatic heterocycles. The summed E-state index contributed by atoms with van der Waals surface area (Å²) in [6.07, 6.45) is 2.44. The fourth-order valence-electron chi connectivity index (χ4n) is 1.80. The summed E-state index contributed by atoms with van der Waals surface area (Å²) in [7, 11) is 0. The number of aryl methyl sites for hydroxylation is 1. The summed E-state index contributed by atoms with van der Waals surface area (Å²) in [5.74, 6) is 0.133. The minimum absolute atomic E-state index is 0.281. The van der Waals surface area contributed by atoms with Crippen LogP contribution in [-0.2, 0) is 16.0 Å². The van der Waals surface area contributed by atoms with E-state index in [-0.39, 0.29) is 5.97 Å². The van der Waals surface area contributed by atoms with Crippen molar-refractivity contribution in [2.24, 2.45) is 11.7 Å². The predicted molar refractivity (Wildman–Crippen MR) is 73.2 cm³/mol. The Labute approximate surface area is 109 Å². The minimum atomic E-state index is -0.485. The van der Waals surface area contributed by atoms with E-state index < -0.39 is 6.04 Å². The molecule has 0 unspecified atom stereocenters. The first kappa shape index (κ1) is 14.7. The molecule has 3 nitrogen and oxygen atoms in total. The molecule has 0 aliphatic carbocycles. The lowest BCUT2D eigenvalue weighted by Crippen LogP contribution is -2.33. The molecule has 1 rings (SSSR count). The van der Waals surface area contributed by atoms with E-state index >= 15 is 0 Å². The molecule has 0 fully saturated rings. The van der Waals surface area contributed by atoms with Crippen molar-refractivity contribution in [1.29, 1.82) is 0 Å². The first-order chi connectivity index (χ1) is 8.59. The van der Waals surface area contributed by atoms with E-state index in [9.17, 15) is 4.79 Å². The lowest BCUT2D eigenvalue weighted by atomic mass is 10.1. The van der Waals surface area contributed by atoms with Crippen LogP contribution in [0.25, 0.3) is 0 Å². The van der Waals surface area contributed by atoms with Crippen molar-refractivity contribution < 1.29 is 9.53 Å². The molecular formula is C15H23NO2. The van der Waals surface area contributed by atoms with Gasteiger partial charge in [-0.2, -0.15) is 0 Å². The number of benzene rings is 1. The normalized spacial score (nSPS) is 12.4. The molecule has 0 radical (unpaired) electrons. The van der Waals surface area contributed by atoms with E-state index in [2.05, 4.69) is 12.1 Å². The van der Waals surface area contributed by atoms with Gasteiger partial charge in [0.05, 0.1) is 6.61 Å². The maximum atomic E-state index is 11.5. The fraction of sp³-hybridized carbons (Fsp3) is 0.533. The molecular weight excluding hydrogens is 226 g/mol. The summed E-state index contributed by atoms with van der Waals surface area (Å²) >= 11 is 0. The van der Waals surface area contributed by atoms with Crippen molar-refractivity contribution in [3.63, 3.8) is 0 Å². The van der Waals surface area contributed by atoms with Gasteiger partial charge in [0.25, 0.3) is 0 Å². The molecule has 0 saturated carbocycles. The summed E-state index contributed by atoms with van der Waals surface area (Å²) in [5.41, 5.74) is 7.00. The molecule has 18 heavy (non-hydrogen) atoms. The highest BCUT2D eigenvalue weighted by Gasteiger charge is 2.15. The maximum Gasteiger partial charge on any atom is 0.322 e. The first-order valence-corrected chi connectivity index (χ1v) is 6.55. The van der Waals surface area contributed by atoms with Crippen molar-refractivity contribution in [2.75, 3.05) is 6.61 Å². The van der Waals surface area contributed by atoms with Crippen LogP contribution in [0.4, 0.5) is 0 Å². The van der Waals surface area contributed by atoms with E-state index in [0.29, 0.717) is 18.9 Å². The standard InChI is InChI=1S/C15H23NO2/c1-12(2)11-14(16)15(17)18-10-6-9-13-7-4-3-5-8-13/h3-5,7-8,12,14H,6,9-11,16H2,1-2H3/t14-/m0/s1. The van der Waals surface area contributed by atoms with E-state index in [1.54, 1.807) is 0 Å². The molecule has 3 heteroatoms. The van der Waals surface area contributed by atoms with Gasteiger partial charge in [0.15, 0.2) is 0 Å². The molecule has 0 saturated heterocycles. The average molecular weight is 249 g/mol. The van der Waals surface area contributed by atoms with Gasteiger partial charge in [-0.05, 0) is 30.7 Å². The number of carbonyl (C=O) groups excluding carboxylic acids is 1. The van der Waals surface area contributed by atoms with Crippen LogP contribution >= 0.6 is 0 Å². The Kier molecular flexibility index (Phi) is 6.44. The second kappa shape index (κ2) is 7.88. The first-order valence-electron chi connectivity index (χ1n) is 6.55. The van der Waals surface area contributed by atoms with Crippen molar-refractivity contribution in [3.8, 4) is 0 Å². The molecule has 0 amide bonds. The van der Waals surface area contributed by atoms with Crippen LogP contribution in [0.3, 0.4) is 0 Å². The number of esters is 1. The Balaban J connectivity index is 2.16. The van der Waals surface area contributed by atoms with Gasteiger partial charge in [-0.3, -0.25) is 4.79 Å². The van der Waals surface area contributed by atoms with Crippen molar-refractivity contribution in [1.82, 2.24) is 0 Å². The lowest BCUT2D eigenvalue weighted by Gasteiger charge is -2.13. The quantitative estimate of drug-likeness (QED) is 0.597. The van der Waals surface area contributed by atoms with Gasteiger partial charge in [-0.15, -0.1) is 0 Å². The van der Waals surface area contributed by atoms with Gasteiger partial charge in [-0.1, -0.05) is 44.2 Å². The summed E-state index contributed by atoms with van der Waals surface area (Å²) < 4.78 is 5.16. The average Bonchev–Trinajstić information content (AvgIpc) is 2.34. The van der Waals surface area contributed by atoms with E-state index in [4.69, 9.17) is 10.5 Å². The maximum absolute atomic E-state index is 11.5. The van der Waals surface area contributed by atoms with Crippen LogP contribution in [0.2, 0.25) is 0 Å². The molecule has 0 bridgehead atoms. The SMILES string of the molecule is CC(C)C[C@H](N)C(=O)OCCCc1ccccc1. The van der Waals surface area contributed by atoms with Crippen LogP contribution in [0.5, 0.6) is 0 Å². The minimum Gasteiger partial charge on any atom is -0.465 e. The van der Waals surface area contributed by atoms with Gasteiger partial charge in [0.2, 0.25) is 0 Å². The number of nitrogens with two attached hydrogens (primary N) is 1. The number of carbonyl (C=O) groups is 1. The molecule has 100 valence electrons. The molecule has 1 atom stereocenters. The van der Waals surface area contributed by atoms with E-state index in [0.717, 1.165) is 12.8 Å². The third kappa shape index (κ3) is 5.82. The molecule has 1 aromatic carbocycles. The Bertz CT molecular complexity index is 349. The molecule has 0 aromatic heterocycles. The molecule has 0 aliphatic rings. The van der Waals surface area contributed by atoms with E-state index in [1.165, 1.54) is 5.56 Å². The highest BCUT2D eigenvalue weighted by Crippen LogP contribution is 2.05.